The van der Waals surface area contributed by atoms with E-state index in [2.05, 4.69) is 14.9 Å². The minimum absolute atomic E-state index is 0.258. The fourth-order valence-electron chi connectivity index (χ4n) is 4.07. The van der Waals surface area contributed by atoms with Crippen molar-refractivity contribution >= 4 is 55.3 Å². The number of methoxy groups -OCH3 is 2. The highest BCUT2D eigenvalue weighted by molar-refractivity contribution is 7.94. The van der Waals surface area contributed by atoms with E-state index in [1.54, 1.807) is 43.1 Å². The number of carboxylic acids is 1. The molecule has 0 saturated carbocycles. The van der Waals surface area contributed by atoms with Crippen LogP contribution < -0.4 is 4.31 Å². The van der Waals surface area contributed by atoms with Crippen molar-refractivity contribution in [2.24, 2.45) is 0 Å². The molecule has 0 amide bonds. The molecule has 0 bridgehead atoms. The zero-order valence-corrected chi connectivity index (χ0v) is 26.4. The second-order valence-corrected chi connectivity index (χ2v) is 13.6. The molecule has 0 radical (unpaired) electrons. The van der Waals surface area contributed by atoms with Gasteiger partial charge in [-0.1, -0.05) is 18.2 Å². The van der Waals surface area contributed by atoms with E-state index in [1.165, 1.54) is 15.6 Å². The second-order valence-electron chi connectivity index (χ2n) is 9.45. The highest BCUT2D eigenvalue weighted by Crippen LogP contribution is 2.36. The number of aromatic amines is 1. The SMILES string of the molecule is COCCN(CCOC)Cc1cnc(-c2cc3cccc(N(C(C)C)S(=O)(=O)c4cccs4)c3[nH]2)s1.O=C(O)C(F)(F)F. The first kappa shape index (κ1) is 34.5. The Hall–Kier alpha value is -3.02. The molecule has 43 heavy (non-hydrogen) atoms. The third kappa shape index (κ3) is 9.00. The van der Waals surface area contributed by atoms with Crippen molar-refractivity contribution in [2.75, 3.05) is 44.8 Å². The van der Waals surface area contributed by atoms with Crippen molar-refractivity contribution in [3.8, 4) is 10.7 Å². The fourth-order valence-corrected chi connectivity index (χ4v) is 7.75. The maximum atomic E-state index is 13.5. The molecule has 3 heterocycles. The standard InChI is InChI=1S/C25H32N4O4S3.C2HF3O2/c1-18(2)29(36(30,31)23-9-6-14-34-23)22-8-5-7-19-15-21(27-24(19)22)25-26-16-20(35-25)17-28(10-12-32-3)11-13-33-4;3-2(4,5)1(6)7/h5-9,14-16,18,27H,10-13,17H2,1-4H3;(H,6,7). The van der Waals surface area contributed by atoms with E-state index in [4.69, 9.17) is 19.4 Å². The zero-order chi connectivity index (χ0) is 31.8. The molecule has 0 saturated heterocycles. The number of aromatic nitrogens is 2. The lowest BCUT2D eigenvalue weighted by atomic mass is 10.2. The van der Waals surface area contributed by atoms with E-state index in [9.17, 15) is 21.6 Å². The van der Waals surface area contributed by atoms with Gasteiger partial charge in [0.1, 0.15) is 9.22 Å². The normalized spacial score (nSPS) is 12.1. The summed E-state index contributed by atoms with van der Waals surface area (Å²) in [6.45, 7) is 7.47. The number of hydrogen-bond acceptors (Lipinski definition) is 9. The molecule has 0 fully saturated rings. The minimum Gasteiger partial charge on any atom is -0.475 e. The van der Waals surface area contributed by atoms with E-state index in [0.29, 0.717) is 23.1 Å². The van der Waals surface area contributed by atoms with Crippen molar-refractivity contribution in [1.82, 2.24) is 14.9 Å². The number of sulfonamides is 1. The number of H-pyrrole nitrogens is 1. The third-order valence-electron chi connectivity index (χ3n) is 5.98. The number of aliphatic carboxylic acids is 1. The molecule has 4 aromatic rings. The molecule has 0 unspecified atom stereocenters. The third-order valence-corrected chi connectivity index (χ3v) is 10.4. The van der Waals surface area contributed by atoms with Gasteiger partial charge >= 0.3 is 12.1 Å². The summed E-state index contributed by atoms with van der Waals surface area (Å²) >= 11 is 2.85. The van der Waals surface area contributed by atoms with Gasteiger partial charge in [-0.15, -0.1) is 22.7 Å². The van der Waals surface area contributed by atoms with Crippen molar-refractivity contribution in [3.05, 3.63) is 52.9 Å². The van der Waals surface area contributed by atoms with Crippen LogP contribution in [0.1, 0.15) is 18.7 Å². The van der Waals surface area contributed by atoms with Gasteiger partial charge in [-0.3, -0.25) is 9.21 Å². The number of thiazole rings is 1. The number of nitrogens with one attached hydrogen (secondary N) is 1. The number of fused-ring (bicyclic) bond motifs is 1. The molecule has 1 aromatic carbocycles. The molecule has 16 heteroatoms. The Kier molecular flexibility index (Phi) is 12.1. The Labute approximate surface area is 255 Å². The van der Waals surface area contributed by atoms with Gasteiger partial charge in [0.15, 0.2) is 0 Å². The topological polar surface area (TPSA) is 125 Å². The first-order valence-corrected chi connectivity index (χ1v) is 16.1. The summed E-state index contributed by atoms with van der Waals surface area (Å²) in [7, 11) is -0.281. The first-order chi connectivity index (χ1) is 20.3. The molecule has 2 N–H and O–H groups in total. The van der Waals surface area contributed by atoms with E-state index in [0.717, 1.165) is 46.1 Å². The lowest BCUT2D eigenvalue weighted by molar-refractivity contribution is -0.192. The number of thiophene rings is 1. The average Bonchev–Trinajstić information content (AvgIpc) is 3.71. The van der Waals surface area contributed by atoms with E-state index in [1.807, 2.05) is 44.3 Å². The lowest BCUT2D eigenvalue weighted by Gasteiger charge is -2.28. The van der Waals surface area contributed by atoms with Gasteiger partial charge in [0.2, 0.25) is 0 Å². The zero-order valence-electron chi connectivity index (χ0n) is 23.9. The van der Waals surface area contributed by atoms with Gasteiger partial charge in [0, 0.05) is 56.4 Å². The summed E-state index contributed by atoms with van der Waals surface area (Å²) in [6, 6.07) is 10.9. The number of halogens is 3. The smallest absolute Gasteiger partial charge is 0.475 e. The number of anilines is 1. The molecule has 0 aliphatic carbocycles. The van der Waals surface area contributed by atoms with E-state index in [-0.39, 0.29) is 6.04 Å². The lowest BCUT2D eigenvalue weighted by Crippen LogP contribution is -2.36. The minimum atomic E-state index is -5.08. The van der Waals surface area contributed by atoms with Crippen molar-refractivity contribution in [1.29, 1.82) is 0 Å². The maximum Gasteiger partial charge on any atom is 0.490 e. The van der Waals surface area contributed by atoms with Crippen LogP contribution in [0.4, 0.5) is 18.9 Å². The number of nitrogens with zero attached hydrogens (tertiary/aromatic N) is 3. The van der Waals surface area contributed by atoms with Crippen molar-refractivity contribution < 1.29 is 41.0 Å². The van der Waals surface area contributed by atoms with Gasteiger partial charge in [-0.2, -0.15) is 13.2 Å². The second kappa shape index (κ2) is 15.1. The molecule has 10 nitrogen and oxygen atoms in total. The molecule has 0 spiro atoms. The summed E-state index contributed by atoms with van der Waals surface area (Å²) < 4.78 is 71.1. The van der Waals surface area contributed by atoms with Crippen LogP contribution in [-0.4, -0.2) is 87.1 Å². The van der Waals surface area contributed by atoms with Crippen LogP contribution in [0.2, 0.25) is 0 Å². The van der Waals surface area contributed by atoms with Gasteiger partial charge in [-0.25, -0.2) is 18.2 Å². The highest BCUT2D eigenvalue weighted by Gasteiger charge is 2.38. The Bertz CT molecular complexity index is 1560. The number of para-hydroxylation sites is 1. The Morgan fingerprint density at radius 3 is 2.30 bits per heavy atom. The number of rotatable bonds is 13. The quantitative estimate of drug-likeness (QED) is 0.187. The summed E-state index contributed by atoms with van der Waals surface area (Å²) in [5, 5.41) is 10.7. The number of carbonyl (C=O) groups is 1. The molecule has 4 rings (SSSR count). The molecule has 0 atom stereocenters. The Morgan fingerprint density at radius 2 is 1.77 bits per heavy atom. The predicted octanol–water partition coefficient (Wildman–Crippen LogP) is 5.68. The average molecular weight is 663 g/mol. The molecular formula is C27H33F3N4O6S3. The van der Waals surface area contributed by atoms with Crippen LogP contribution in [0.5, 0.6) is 0 Å². The van der Waals surface area contributed by atoms with Crippen molar-refractivity contribution in [3.63, 3.8) is 0 Å². The monoisotopic (exact) mass is 662 g/mol. The van der Waals surface area contributed by atoms with Gasteiger partial charge in [0.25, 0.3) is 10.0 Å². The van der Waals surface area contributed by atoms with Crippen LogP contribution in [0.3, 0.4) is 0 Å². The summed E-state index contributed by atoms with van der Waals surface area (Å²) in [6.07, 6.45) is -3.18. The molecule has 3 aromatic heterocycles. The maximum absolute atomic E-state index is 13.5. The highest BCUT2D eigenvalue weighted by atomic mass is 32.2. The first-order valence-electron chi connectivity index (χ1n) is 12.9. The summed E-state index contributed by atoms with van der Waals surface area (Å²) in [5.74, 6) is -2.76. The Balaban J connectivity index is 0.000000646. The molecule has 0 aliphatic heterocycles. The number of carboxylic acid groups (broad SMARTS) is 1. The molecule has 0 aliphatic rings. The fraction of sp³-hybridized carbons (Fsp3) is 0.407. The summed E-state index contributed by atoms with van der Waals surface area (Å²) in [5.41, 5.74) is 2.27. The largest absolute Gasteiger partial charge is 0.490 e. The van der Waals surface area contributed by atoms with E-state index < -0.39 is 22.2 Å². The van der Waals surface area contributed by atoms with Crippen LogP contribution in [0, 0.1) is 0 Å². The van der Waals surface area contributed by atoms with E-state index >= 15 is 0 Å². The van der Waals surface area contributed by atoms with Crippen molar-refractivity contribution in [2.45, 2.75) is 36.8 Å². The van der Waals surface area contributed by atoms with Crippen LogP contribution in [0.15, 0.2) is 52.2 Å². The number of benzene rings is 1. The van der Waals surface area contributed by atoms with Crippen LogP contribution >= 0.6 is 22.7 Å². The number of alkyl halides is 3. The van der Waals surface area contributed by atoms with Crippen LogP contribution in [-0.2, 0) is 30.8 Å². The van der Waals surface area contributed by atoms with Gasteiger partial charge in [-0.05, 0) is 37.4 Å². The summed E-state index contributed by atoms with van der Waals surface area (Å²) in [4.78, 5) is 20.4. The number of ether oxygens (including phenoxy) is 2. The van der Waals surface area contributed by atoms with Crippen LogP contribution in [0.25, 0.3) is 21.6 Å². The molecule has 236 valence electrons. The van der Waals surface area contributed by atoms with Gasteiger partial charge < -0.3 is 19.6 Å². The van der Waals surface area contributed by atoms with Gasteiger partial charge in [0.05, 0.1) is 30.1 Å². The predicted molar refractivity (Wildman–Crippen MR) is 161 cm³/mol. The number of hydrogen-bond donors (Lipinski definition) is 2. The Morgan fingerprint density at radius 1 is 1.12 bits per heavy atom. The molecular weight excluding hydrogens is 630 g/mol.